The zero-order chi connectivity index (χ0) is 18.7. The Balaban J connectivity index is 1.91. The van der Waals surface area contributed by atoms with E-state index >= 15 is 0 Å². The van der Waals surface area contributed by atoms with E-state index in [9.17, 15) is 13.2 Å². The van der Waals surface area contributed by atoms with Crippen LogP contribution in [-0.4, -0.2) is 62.9 Å². The van der Waals surface area contributed by atoms with E-state index < -0.39 is 15.6 Å². The Morgan fingerprint density at radius 1 is 1.08 bits per heavy atom. The number of carbonyl (C=O) groups excluding carboxylic acids is 1. The van der Waals surface area contributed by atoms with Crippen molar-refractivity contribution >= 4 is 15.9 Å². The minimum atomic E-state index is -3.52. The molecule has 1 aliphatic heterocycles. The number of likely N-dealkylation sites (N-methyl/N-ethyl adjacent to an activating group) is 1. The summed E-state index contributed by atoms with van der Waals surface area (Å²) in [6, 6.07) is 6.77. The highest BCUT2D eigenvalue weighted by Crippen LogP contribution is 2.15. The number of nitrogens with one attached hydrogen (secondary N) is 1. The van der Waals surface area contributed by atoms with Crippen molar-refractivity contribution in [3.05, 3.63) is 29.8 Å². The molecule has 1 aromatic carbocycles. The van der Waals surface area contributed by atoms with Gasteiger partial charge in [-0.15, -0.1) is 0 Å². The van der Waals surface area contributed by atoms with Gasteiger partial charge in [0, 0.05) is 38.1 Å². The molecule has 1 heterocycles. The summed E-state index contributed by atoms with van der Waals surface area (Å²) in [6.45, 7) is 8.82. The van der Waals surface area contributed by atoms with Crippen molar-refractivity contribution in [3.63, 3.8) is 0 Å². The lowest BCUT2D eigenvalue weighted by Gasteiger charge is -2.32. The van der Waals surface area contributed by atoms with Crippen LogP contribution in [0.5, 0.6) is 0 Å². The molecule has 0 saturated carbocycles. The molecule has 1 amide bonds. The Morgan fingerprint density at radius 3 is 2.16 bits per heavy atom. The summed E-state index contributed by atoms with van der Waals surface area (Å²) < 4.78 is 27.2. The summed E-state index contributed by atoms with van der Waals surface area (Å²) in [4.78, 5) is 16.6. The van der Waals surface area contributed by atoms with E-state index in [1.54, 1.807) is 24.3 Å². The summed E-state index contributed by atoms with van der Waals surface area (Å²) in [5.74, 6) is 0.166. The van der Waals surface area contributed by atoms with Gasteiger partial charge in [-0.2, -0.15) is 0 Å². The van der Waals surface area contributed by atoms with Crippen LogP contribution in [0.2, 0.25) is 0 Å². The van der Waals surface area contributed by atoms with E-state index in [0.29, 0.717) is 12.8 Å². The van der Waals surface area contributed by atoms with Gasteiger partial charge >= 0.3 is 0 Å². The largest absolute Gasteiger partial charge is 0.340 e. The number of carbonyl (C=O) groups is 1. The third kappa shape index (κ3) is 6.09. The van der Waals surface area contributed by atoms with Crippen molar-refractivity contribution < 1.29 is 13.2 Å². The number of sulfonamides is 1. The number of hydrogen-bond donors (Lipinski definition) is 1. The monoisotopic (exact) mass is 367 g/mol. The molecule has 6 nitrogen and oxygen atoms in total. The van der Waals surface area contributed by atoms with E-state index in [0.717, 1.165) is 31.7 Å². The normalized spacial score (nSPS) is 16.9. The van der Waals surface area contributed by atoms with Crippen LogP contribution in [0.1, 0.15) is 32.8 Å². The lowest BCUT2D eigenvalue weighted by atomic mass is 10.1. The number of hydrogen-bond acceptors (Lipinski definition) is 4. The highest BCUT2D eigenvalue weighted by atomic mass is 32.2. The van der Waals surface area contributed by atoms with E-state index in [2.05, 4.69) is 16.7 Å². The predicted molar refractivity (Wildman–Crippen MR) is 98.9 cm³/mol. The van der Waals surface area contributed by atoms with Gasteiger partial charge < -0.3 is 9.80 Å². The van der Waals surface area contributed by atoms with Gasteiger partial charge in [0.25, 0.3) is 0 Å². The quantitative estimate of drug-likeness (QED) is 0.856. The first-order valence-corrected chi connectivity index (χ1v) is 10.1. The van der Waals surface area contributed by atoms with Gasteiger partial charge in [-0.05, 0) is 51.9 Å². The Hall–Kier alpha value is -1.44. The first kappa shape index (κ1) is 19.9. The van der Waals surface area contributed by atoms with Gasteiger partial charge in [0.2, 0.25) is 15.9 Å². The van der Waals surface area contributed by atoms with Gasteiger partial charge in [-0.3, -0.25) is 4.79 Å². The molecule has 140 valence electrons. The Morgan fingerprint density at radius 2 is 1.64 bits per heavy atom. The summed E-state index contributed by atoms with van der Waals surface area (Å²) in [6.07, 6.45) is 1.08. The molecular weight excluding hydrogens is 338 g/mol. The third-order valence-corrected chi connectivity index (χ3v) is 5.93. The molecule has 2 rings (SSSR count). The minimum Gasteiger partial charge on any atom is -0.340 e. The number of amides is 1. The lowest BCUT2D eigenvalue weighted by molar-refractivity contribution is -0.132. The maximum atomic E-state index is 12.3. The summed E-state index contributed by atoms with van der Waals surface area (Å²) in [7, 11) is -1.46. The van der Waals surface area contributed by atoms with Crippen molar-refractivity contribution in [3.8, 4) is 0 Å². The standard InChI is InChI=1S/C18H29N3O3S/c1-18(2,3)19-25(23,24)16-8-5-15(6-9-16)7-10-17(22)21-13-11-20(4)12-14-21/h5-6,8-9,19H,7,10-14H2,1-4H3. The molecule has 7 heteroatoms. The fourth-order valence-corrected chi connectivity index (χ4v) is 4.18. The summed E-state index contributed by atoms with van der Waals surface area (Å²) in [5.41, 5.74) is 0.448. The third-order valence-electron chi connectivity index (χ3n) is 4.16. The van der Waals surface area contributed by atoms with Crippen LogP contribution in [0, 0.1) is 0 Å². The molecule has 0 radical (unpaired) electrons. The highest BCUT2D eigenvalue weighted by Gasteiger charge is 2.22. The van der Waals surface area contributed by atoms with E-state index in [-0.39, 0.29) is 10.8 Å². The van der Waals surface area contributed by atoms with Crippen LogP contribution < -0.4 is 4.72 Å². The fraction of sp³-hybridized carbons (Fsp3) is 0.611. The van der Waals surface area contributed by atoms with Gasteiger partial charge in [0.1, 0.15) is 0 Å². The first-order valence-electron chi connectivity index (χ1n) is 8.66. The van der Waals surface area contributed by atoms with Crippen LogP contribution >= 0.6 is 0 Å². The second-order valence-electron chi connectivity index (χ2n) is 7.68. The smallest absolute Gasteiger partial charge is 0.241 e. The Bertz CT molecular complexity index is 685. The average molecular weight is 368 g/mol. The van der Waals surface area contributed by atoms with E-state index in [4.69, 9.17) is 0 Å². The Kier molecular flexibility index (Phi) is 6.24. The second kappa shape index (κ2) is 7.85. The van der Waals surface area contributed by atoms with Crippen LogP contribution in [-0.2, 0) is 21.2 Å². The number of piperazine rings is 1. The summed E-state index contributed by atoms with van der Waals surface area (Å²) >= 11 is 0. The molecule has 1 fully saturated rings. The predicted octanol–water partition coefficient (Wildman–Crippen LogP) is 1.47. The molecular formula is C18H29N3O3S. The van der Waals surface area contributed by atoms with Crippen LogP contribution in [0.25, 0.3) is 0 Å². The molecule has 0 unspecified atom stereocenters. The lowest BCUT2D eigenvalue weighted by Crippen LogP contribution is -2.47. The second-order valence-corrected chi connectivity index (χ2v) is 9.37. The van der Waals surface area contributed by atoms with Crippen LogP contribution in [0.4, 0.5) is 0 Å². The number of nitrogens with zero attached hydrogens (tertiary/aromatic N) is 2. The average Bonchev–Trinajstić information content (AvgIpc) is 2.51. The van der Waals surface area contributed by atoms with Crippen molar-refractivity contribution in [1.29, 1.82) is 0 Å². The van der Waals surface area contributed by atoms with Crippen molar-refractivity contribution in [2.45, 2.75) is 44.0 Å². The van der Waals surface area contributed by atoms with Gasteiger partial charge in [-0.1, -0.05) is 12.1 Å². The van der Waals surface area contributed by atoms with Crippen molar-refractivity contribution in [1.82, 2.24) is 14.5 Å². The molecule has 0 atom stereocenters. The SMILES string of the molecule is CN1CCN(C(=O)CCc2ccc(S(=O)(=O)NC(C)(C)C)cc2)CC1. The minimum absolute atomic E-state index is 0.166. The molecule has 1 aliphatic rings. The van der Waals surface area contributed by atoms with Gasteiger partial charge in [-0.25, -0.2) is 13.1 Å². The van der Waals surface area contributed by atoms with Crippen LogP contribution in [0.15, 0.2) is 29.2 Å². The van der Waals surface area contributed by atoms with E-state index in [1.165, 1.54) is 0 Å². The molecule has 1 aromatic rings. The maximum absolute atomic E-state index is 12.3. The Labute approximate surface area is 151 Å². The van der Waals surface area contributed by atoms with E-state index in [1.807, 2.05) is 25.7 Å². The van der Waals surface area contributed by atoms with Crippen molar-refractivity contribution in [2.24, 2.45) is 0 Å². The molecule has 0 aliphatic carbocycles. The number of benzene rings is 1. The molecule has 25 heavy (non-hydrogen) atoms. The number of rotatable bonds is 5. The molecule has 0 spiro atoms. The molecule has 0 bridgehead atoms. The zero-order valence-electron chi connectivity index (χ0n) is 15.6. The molecule has 0 aromatic heterocycles. The van der Waals surface area contributed by atoms with Gasteiger partial charge in [0.15, 0.2) is 0 Å². The number of aryl methyl sites for hydroxylation is 1. The van der Waals surface area contributed by atoms with Gasteiger partial charge in [0.05, 0.1) is 4.90 Å². The molecule has 1 saturated heterocycles. The fourth-order valence-electron chi connectivity index (χ4n) is 2.76. The van der Waals surface area contributed by atoms with Crippen molar-refractivity contribution in [2.75, 3.05) is 33.2 Å². The highest BCUT2D eigenvalue weighted by molar-refractivity contribution is 7.89. The molecule has 1 N–H and O–H groups in total. The summed E-state index contributed by atoms with van der Waals surface area (Å²) in [5, 5.41) is 0. The topological polar surface area (TPSA) is 69.7 Å². The maximum Gasteiger partial charge on any atom is 0.241 e. The van der Waals surface area contributed by atoms with Crippen LogP contribution in [0.3, 0.4) is 0 Å². The first-order chi connectivity index (χ1) is 11.6. The zero-order valence-corrected chi connectivity index (χ0v) is 16.4.